The summed E-state index contributed by atoms with van der Waals surface area (Å²) in [5.74, 6) is 1.85. The molecule has 1 aromatic carbocycles. The van der Waals surface area contributed by atoms with Crippen molar-refractivity contribution in [2.75, 3.05) is 14.2 Å². The fourth-order valence-electron chi connectivity index (χ4n) is 1.96. The van der Waals surface area contributed by atoms with Crippen LogP contribution in [0.3, 0.4) is 0 Å². The maximum atomic E-state index is 5.48. The zero-order chi connectivity index (χ0) is 13.8. The van der Waals surface area contributed by atoms with Crippen LogP contribution in [0.4, 0.5) is 0 Å². The fourth-order valence-corrected chi connectivity index (χ4v) is 3.05. The van der Waals surface area contributed by atoms with Gasteiger partial charge in [0.1, 0.15) is 11.5 Å². The van der Waals surface area contributed by atoms with E-state index in [2.05, 4.69) is 18.3 Å². The first-order valence-corrected chi connectivity index (χ1v) is 7.05. The van der Waals surface area contributed by atoms with Crippen molar-refractivity contribution in [1.29, 1.82) is 0 Å². The number of ether oxygens (including phenoxy) is 1. The van der Waals surface area contributed by atoms with E-state index in [0.717, 1.165) is 16.4 Å². The zero-order valence-corrected chi connectivity index (χ0v) is 12.5. The lowest BCUT2D eigenvalue weighted by Crippen LogP contribution is -2.14. The summed E-state index contributed by atoms with van der Waals surface area (Å²) in [5.41, 5.74) is 1.18. The van der Waals surface area contributed by atoms with E-state index in [0.29, 0.717) is 0 Å². The van der Waals surface area contributed by atoms with E-state index in [1.54, 1.807) is 25.1 Å². The van der Waals surface area contributed by atoms with E-state index in [-0.39, 0.29) is 6.04 Å². The van der Waals surface area contributed by atoms with Crippen LogP contribution in [-0.2, 0) is 0 Å². The number of hydrogen-bond donors (Lipinski definition) is 1. The molecule has 102 valence electrons. The summed E-state index contributed by atoms with van der Waals surface area (Å²) >= 11 is 1.71. The quantitative estimate of drug-likeness (QED) is 0.895. The predicted molar refractivity (Wildman–Crippen MR) is 78.0 cm³/mol. The highest BCUT2D eigenvalue weighted by Crippen LogP contribution is 2.39. The molecule has 0 aliphatic heterocycles. The monoisotopic (exact) mass is 277 g/mol. The van der Waals surface area contributed by atoms with Gasteiger partial charge in [-0.15, -0.1) is 0 Å². The highest BCUT2D eigenvalue weighted by molar-refractivity contribution is 7.99. The van der Waals surface area contributed by atoms with Gasteiger partial charge in [0.05, 0.1) is 18.3 Å². The third-order valence-corrected chi connectivity index (χ3v) is 4.36. The second kappa shape index (κ2) is 6.17. The Morgan fingerprint density at radius 3 is 2.63 bits per heavy atom. The number of rotatable bonds is 5. The molecule has 0 saturated heterocycles. The van der Waals surface area contributed by atoms with Gasteiger partial charge in [-0.3, -0.25) is 0 Å². The second-order valence-corrected chi connectivity index (χ2v) is 5.41. The van der Waals surface area contributed by atoms with Gasteiger partial charge in [-0.05, 0) is 39.1 Å². The Balaban J connectivity index is 2.42. The van der Waals surface area contributed by atoms with Crippen molar-refractivity contribution in [1.82, 2.24) is 5.32 Å². The van der Waals surface area contributed by atoms with Crippen LogP contribution in [0.15, 0.2) is 44.7 Å². The molecule has 1 N–H and O–H groups in total. The Hall–Kier alpha value is -1.39. The van der Waals surface area contributed by atoms with Crippen molar-refractivity contribution in [3.63, 3.8) is 0 Å². The molecule has 0 spiro atoms. The van der Waals surface area contributed by atoms with Gasteiger partial charge in [0.2, 0.25) is 0 Å². The van der Waals surface area contributed by atoms with Crippen molar-refractivity contribution >= 4 is 11.8 Å². The summed E-state index contributed by atoms with van der Waals surface area (Å²) in [6.45, 7) is 4.10. The summed E-state index contributed by atoms with van der Waals surface area (Å²) in [6.07, 6.45) is 1.72. The van der Waals surface area contributed by atoms with E-state index < -0.39 is 0 Å². The molecule has 0 aliphatic carbocycles. The molecule has 0 bridgehead atoms. The van der Waals surface area contributed by atoms with E-state index in [4.69, 9.17) is 9.15 Å². The van der Waals surface area contributed by atoms with Crippen LogP contribution in [0, 0.1) is 6.92 Å². The molecule has 0 aliphatic rings. The maximum absolute atomic E-state index is 5.48. The highest BCUT2D eigenvalue weighted by atomic mass is 32.2. The minimum atomic E-state index is 0.228. The molecular weight excluding hydrogens is 258 g/mol. The molecular formula is C15H19NO2S. The lowest BCUT2D eigenvalue weighted by molar-refractivity contribution is 0.401. The lowest BCUT2D eigenvalue weighted by Gasteiger charge is -2.18. The van der Waals surface area contributed by atoms with Gasteiger partial charge in [0.15, 0.2) is 0 Å². The Bertz CT molecular complexity index is 551. The number of furan rings is 1. The highest BCUT2D eigenvalue weighted by Gasteiger charge is 2.16. The van der Waals surface area contributed by atoms with Gasteiger partial charge in [-0.2, -0.15) is 0 Å². The molecule has 1 aromatic heterocycles. The number of hydrogen-bond acceptors (Lipinski definition) is 4. The Morgan fingerprint density at radius 2 is 2.05 bits per heavy atom. The maximum Gasteiger partial charge on any atom is 0.124 e. The van der Waals surface area contributed by atoms with Gasteiger partial charge in [-0.1, -0.05) is 17.8 Å². The number of aryl methyl sites for hydroxylation is 1. The van der Waals surface area contributed by atoms with Crippen LogP contribution in [0.5, 0.6) is 5.75 Å². The molecule has 3 nitrogen and oxygen atoms in total. The summed E-state index contributed by atoms with van der Waals surface area (Å²) < 4.78 is 10.8. The van der Waals surface area contributed by atoms with Gasteiger partial charge < -0.3 is 14.5 Å². The van der Waals surface area contributed by atoms with E-state index >= 15 is 0 Å². The van der Waals surface area contributed by atoms with Crippen molar-refractivity contribution in [3.05, 3.63) is 41.9 Å². The van der Waals surface area contributed by atoms with Gasteiger partial charge in [0.25, 0.3) is 0 Å². The van der Waals surface area contributed by atoms with Crippen molar-refractivity contribution in [2.45, 2.75) is 29.7 Å². The molecule has 0 saturated carbocycles. The summed E-state index contributed by atoms with van der Waals surface area (Å²) in [4.78, 5) is 2.32. The summed E-state index contributed by atoms with van der Waals surface area (Å²) in [5, 5.41) is 3.27. The average Bonchev–Trinajstić information content (AvgIpc) is 2.83. The van der Waals surface area contributed by atoms with E-state index in [1.165, 1.54) is 10.5 Å². The van der Waals surface area contributed by atoms with Crippen LogP contribution in [0.25, 0.3) is 0 Å². The van der Waals surface area contributed by atoms with Crippen LogP contribution in [0.2, 0.25) is 0 Å². The SMILES string of the molecule is CNC(C)c1c(OC)cccc1Sc1ccoc1C. The number of methoxy groups -OCH3 is 1. The molecule has 4 heteroatoms. The molecule has 2 rings (SSSR count). The largest absolute Gasteiger partial charge is 0.496 e. The minimum Gasteiger partial charge on any atom is -0.496 e. The van der Waals surface area contributed by atoms with Crippen LogP contribution in [0.1, 0.15) is 24.3 Å². The molecule has 1 atom stereocenters. The first kappa shape index (κ1) is 14.0. The zero-order valence-electron chi connectivity index (χ0n) is 11.7. The molecule has 2 aromatic rings. The van der Waals surface area contributed by atoms with Crippen molar-refractivity contribution in [3.8, 4) is 5.75 Å². The second-order valence-electron chi connectivity index (χ2n) is 4.33. The topological polar surface area (TPSA) is 34.4 Å². The summed E-state index contributed by atoms with van der Waals surface area (Å²) in [7, 11) is 3.66. The Morgan fingerprint density at radius 1 is 1.26 bits per heavy atom. The van der Waals surface area contributed by atoms with Gasteiger partial charge in [-0.25, -0.2) is 0 Å². The van der Waals surface area contributed by atoms with Crippen molar-refractivity contribution in [2.24, 2.45) is 0 Å². The van der Waals surface area contributed by atoms with Crippen LogP contribution < -0.4 is 10.1 Å². The first-order chi connectivity index (χ1) is 9.17. The van der Waals surface area contributed by atoms with Crippen LogP contribution >= 0.6 is 11.8 Å². The summed E-state index contributed by atoms with van der Waals surface area (Å²) in [6, 6.07) is 8.35. The minimum absolute atomic E-state index is 0.228. The first-order valence-electron chi connectivity index (χ1n) is 6.23. The Kier molecular flexibility index (Phi) is 4.56. The molecule has 1 heterocycles. The molecule has 19 heavy (non-hydrogen) atoms. The smallest absolute Gasteiger partial charge is 0.124 e. The number of benzene rings is 1. The predicted octanol–water partition coefficient (Wildman–Crippen LogP) is 4.03. The number of nitrogens with one attached hydrogen (secondary N) is 1. The van der Waals surface area contributed by atoms with Gasteiger partial charge in [0, 0.05) is 16.5 Å². The normalized spacial score (nSPS) is 12.4. The standard InChI is InChI=1S/C15H19NO2S/c1-10(16-3)15-12(17-4)6-5-7-14(15)19-13-8-9-18-11(13)2/h5-10,16H,1-4H3. The van der Waals surface area contributed by atoms with E-state index in [9.17, 15) is 0 Å². The molecule has 0 fully saturated rings. The average molecular weight is 277 g/mol. The molecule has 1 unspecified atom stereocenters. The molecule has 0 amide bonds. The lowest BCUT2D eigenvalue weighted by atomic mass is 10.1. The third-order valence-electron chi connectivity index (χ3n) is 3.14. The van der Waals surface area contributed by atoms with Gasteiger partial charge >= 0.3 is 0 Å². The van der Waals surface area contributed by atoms with E-state index in [1.807, 2.05) is 32.2 Å². The Labute approximate surface area is 118 Å². The van der Waals surface area contributed by atoms with Crippen molar-refractivity contribution < 1.29 is 9.15 Å². The molecule has 0 radical (unpaired) electrons. The fraction of sp³-hybridized carbons (Fsp3) is 0.333. The third kappa shape index (κ3) is 2.96. The van der Waals surface area contributed by atoms with Crippen LogP contribution in [-0.4, -0.2) is 14.2 Å².